The van der Waals surface area contributed by atoms with Crippen LogP contribution in [0.15, 0.2) is 54.0 Å². The van der Waals surface area contributed by atoms with Crippen LogP contribution in [0.2, 0.25) is 0 Å². The van der Waals surface area contributed by atoms with Crippen LogP contribution >= 0.6 is 7.05 Å². The molecule has 1 aliphatic carbocycles. The summed E-state index contributed by atoms with van der Waals surface area (Å²) in [7, 11) is -1.39. The van der Waals surface area contributed by atoms with E-state index in [4.69, 9.17) is 4.74 Å². The molecular weight excluding hydrogens is 417 g/mol. The van der Waals surface area contributed by atoms with Gasteiger partial charge >= 0.3 is 0 Å². The predicted molar refractivity (Wildman–Crippen MR) is 139 cm³/mol. The summed E-state index contributed by atoms with van der Waals surface area (Å²) in [4.78, 5) is 0. The van der Waals surface area contributed by atoms with E-state index < -0.39 is 7.05 Å². The molecule has 0 aliphatic heterocycles. The molecule has 0 spiro atoms. The Morgan fingerprint density at radius 1 is 0.867 bits per heavy atom. The maximum absolute atomic E-state index is 5.68. The molecule has 0 radical (unpaired) electrons. The van der Waals surface area contributed by atoms with Crippen molar-refractivity contribution in [1.82, 2.24) is 0 Å². The Morgan fingerprint density at radius 2 is 1.27 bits per heavy atom. The van der Waals surface area contributed by atoms with Crippen LogP contribution in [0, 0.1) is 0 Å². The van der Waals surface area contributed by atoms with Gasteiger partial charge in [-0.15, -0.1) is 0 Å². The van der Waals surface area contributed by atoms with Gasteiger partial charge in [-0.25, -0.2) is 0 Å². The third-order valence-electron chi connectivity index (χ3n) is 6.26. The van der Waals surface area contributed by atoms with Gasteiger partial charge in [0.05, 0.1) is 0 Å². The minimum atomic E-state index is -1.39. The van der Waals surface area contributed by atoms with E-state index >= 15 is 0 Å². The number of unbranched alkanes of at least 4 members (excludes halogenated alkanes) is 3. The zero-order chi connectivity index (χ0) is 22.1. The molecule has 172 valence electrons. The first-order valence-electron chi connectivity index (χ1n) is 12.1. The number of allylic oxidation sites excluding steroid dienone is 5. The van der Waals surface area contributed by atoms with Crippen LogP contribution < -0.4 is 0 Å². The van der Waals surface area contributed by atoms with Crippen LogP contribution in [-0.4, -0.2) is 17.0 Å². The standard InChI is InChI=1S/C23H44NP.C4H6.Ti/c1-7-10-15-20(4)25(21(5)16-11-8-2,22(6)17-12-9-3)24-23-18-13-14-19-23;1-3-4-2;/h13-14,18,20-22H,7-12,15-17,19H2,1-6H3;3-4H,1-2H2;. The van der Waals surface area contributed by atoms with Crippen LogP contribution in [0.1, 0.15) is 106 Å². The third kappa shape index (κ3) is 11.0. The molecule has 3 atom stereocenters. The second-order valence-electron chi connectivity index (χ2n) is 8.63. The summed E-state index contributed by atoms with van der Waals surface area (Å²) in [5.41, 5.74) is 3.68. The first-order chi connectivity index (χ1) is 13.9. The zero-order valence-electron chi connectivity index (χ0n) is 21.0. The van der Waals surface area contributed by atoms with Crippen molar-refractivity contribution in [3.63, 3.8) is 0 Å². The summed E-state index contributed by atoms with van der Waals surface area (Å²) >= 11 is 0. The van der Waals surface area contributed by atoms with Crippen molar-refractivity contribution >= 4 is 7.05 Å². The van der Waals surface area contributed by atoms with Gasteiger partial charge in [-0.2, -0.15) is 0 Å². The Morgan fingerprint density at radius 3 is 1.53 bits per heavy atom. The summed E-state index contributed by atoms with van der Waals surface area (Å²) < 4.78 is 5.68. The molecular formula is C27H50NPTi. The van der Waals surface area contributed by atoms with Gasteiger partial charge in [-0.1, -0.05) is 118 Å². The molecule has 0 saturated carbocycles. The minimum absolute atomic E-state index is 0. The van der Waals surface area contributed by atoms with Crippen molar-refractivity contribution in [2.45, 2.75) is 123 Å². The molecule has 1 rings (SSSR count). The molecule has 3 unspecified atom stereocenters. The second-order valence-corrected chi connectivity index (χ2v) is 13.1. The second kappa shape index (κ2) is 19.6. The fraction of sp³-hybridized carbons (Fsp3) is 0.704. The van der Waals surface area contributed by atoms with Crippen LogP contribution in [0.5, 0.6) is 0 Å². The fourth-order valence-electron chi connectivity index (χ4n) is 4.45. The SMILES string of the molecule is C=CC=C.CCCCC(C)P(=NC1=CC=CC1)(C(C)CCCC)C(C)CCCC.[Ti]. The molecule has 0 N–H and O–H groups in total. The van der Waals surface area contributed by atoms with Gasteiger partial charge in [-0.3, -0.25) is 4.74 Å². The molecule has 0 aromatic heterocycles. The van der Waals surface area contributed by atoms with E-state index in [9.17, 15) is 0 Å². The molecule has 0 aromatic rings. The average molecular weight is 468 g/mol. The van der Waals surface area contributed by atoms with Crippen molar-refractivity contribution in [2.75, 3.05) is 0 Å². The minimum Gasteiger partial charge on any atom is -0.271 e. The maximum Gasteiger partial charge on any atom is 0.0425 e. The Balaban J connectivity index is 0. The van der Waals surface area contributed by atoms with E-state index in [0.29, 0.717) is 0 Å². The molecule has 0 bridgehead atoms. The molecule has 0 saturated heterocycles. The van der Waals surface area contributed by atoms with Crippen molar-refractivity contribution in [3.8, 4) is 0 Å². The van der Waals surface area contributed by atoms with Gasteiger partial charge < -0.3 is 0 Å². The van der Waals surface area contributed by atoms with Gasteiger partial charge in [0.25, 0.3) is 0 Å². The predicted octanol–water partition coefficient (Wildman–Crippen LogP) is 10.1. The zero-order valence-corrected chi connectivity index (χ0v) is 23.5. The summed E-state index contributed by atoms with van der Waals surface area (Å²) in [5.74, 6) is 0. The third-order valence-corrected chi connectivity index (χ3v) is 11.9. The summed E-state index contributed by atoms with van der Waals surface area (Å²) in [6.45, 7) is 21.3. The maximum atomic E-state index is 5.68. The summed E-state index contributed by atoms with van der Waals surface area (Å²) in [5, 5.41) is 0. The Kier molecular flexibility index (Phi) is 20.9. The van der Waals surface area contributed by atoms with Crippen LogP contribution in [0.4, 0.5) is 0 Å². The molecule has 0 aromatic carbocycles. The van der Waals surface area contributed by atoms with E-state index in [1.165, 1.54) is 63.5 Å². The topological polar surface area (TPSA) is 12.4 Å². The Bertz CT molecular complexity index is 512. The number of hydrogen-bond acceptors (Lipinski definition) is 1. The molecule has 0 amide bonds. The molecule has 0 heterocycles. The first-order valence-corrected chi connectivity index (χ1v) is 14.1. The first kappa shape index (κ1) is 32.1. The van der Waals surface area contributed by atoms with Crippen molar-refractivity contribution < 1.29 is 21.7 Å². The van der Waals surface area contributed by atoms with Gasteiger partial charge in [0.1, 0.15) is 0 Å². The number of nitrogens with zero attached hydrogens (tertiary/aromatic N) is 1. The van der Waals surface area contributed by atoms with E-state index in [1.54, 1.807) is 12.2 Å². The Labute approximate surface area is 204 Å². The van der Waals surface area contributed by atoms with Crippen LogP contribution in [0.3, 0.4) is 0 Å². The largest absolute Gasteiger partial charge is 0.271 e. The number of hydrogen-bond donors (Lipinski definition) is 0. The van der Waals surface area contributed by atoms with Gasteiger partial charge in [-0.05, 0) is 49.4 Å². The van der Waals surface area contributed by atoms with E-state index in [0.717, 1.165) is 23.4 Å². The summed E-state index contributed by atoms with van der Waals surface area (Å²) in [6, 6.07) is 0. The molecule has 3 heteroatoms. The van der Waals surface area contributed by atoms with Gasteiger partial charge in [0.15, 0.2) is 0 Å². The normalized spacial score (nSPS) is 17.3. The van der Waals surface area contributed by atoms with Crippen molar-refractivity contribution in [2.24, 2.45) is 4.74 Å². The summed E-state index contributed by atoms with van der Waals surface area (Å²) in [6.07, 6.45) is 23.2. The monoisotopic (exact) mass is 467 g/mol. The molecule has 1 aliphatic rings. The van der Waals surface area contributed by atoms with Crippen molar-refractivity contribution in [1.29, 1.82) is 0 Å². The molecule has 0 fully saturated rings. The fourth-order valence-corrected chi connectivity index (χ4v) is 10.0. The van der Waals surface area contributed by atoms with Gasteiger partial charge in [0, 0.05) is 33.8 Å². The van der Waals surface area contributed by atoms with E-state index in [2.05, 4.69) is 72.9 Å². The van der Waals surface area contributed by atoms with Crippen molar-refractivity contribution in [3.05, 3.63) is 49.2 Å². The Hall–Kier alpha value is -0.0957. The molecule has 1 nitrogen and oxygen atoms in total. The average Bonchev–Trinajstić information content (AvgIpc) is 3.25. The van der Waals surface area contributed by atoms with Gasteiger partial charge in [0.2, 0.25) is 0 Å². The molecule has 30 heavy (non-hydrogen) atoms. The van der Waals surface area contributed by atoms with Crippen LogP contribution in [-0.2, 0) is 21.7 Å². The van der Waals surface area contributed by atoms with E-state index in [-0.39, 0.29) is 21.7 Å². The quantitative estimate of drug-likeness (QED) is 0.137. The number of rotatable bonds is 14. The van der Waals surface area contributed by atoms with E-state index in [1.807, 2.05) is 0 Å². The smallest absolute Gasteiger partial charge is 0.0425 e. The van der Waals surface area contributed by atoms with Crippen LogP contribution in [0.25, 0.3) is 0 Å².